The molecular weight excluding hydrogens is 228 g/mol. The molecule has 0 saturated carbocycles. The van der Waals surface area contributed by atoms with Crippen LogP contribution in [-0.2, 0) is 0 Å². The second kappa shape index (κ2) is 7.27. The summed E-state index contributed by atoms with van der Waals surface area (Å²) in [7, 11) is 1.62. The van der Waals surface area contributed by atoms with Crippen LogP contribution in [0.25, 0.3) is 0 Å². The van der Waals surface area contributed by atoms with Crippen molar-refractivity contribution in [1.29, 1.82) is 0 Å². The van der Waals surface area contributed by atoms with E-state index in [1.165, 1.54) is 0 Å². The second-order valence-corrected chi connectivity index (χ2v) is 4.58. The predicted octanol–water partition coefficient (Wildman–Crippen LogP) is 3.56. The summed E-state index contributed by atoms with van der Waals surface area (Å²) in [5.74, 6) is 2.00. The number of ether oxygens (including phenoxy) is 2. The van der Waals surface area contributed by atoms with Crippen LogP contribution in [0, 0.1) is 5.92 Å². The van der Waals surface area contributed by atoms with Crippen LogP contribution in [0.15, 0.2) is 18.2 Å². The maximum Gasteiger partial charge on any atom is 0.161 e. The normalized spacial score (nSPS) is 12.6. The zero-order chi connectivity index (χ0) is 13.5. The molecule has 0 aromatic heterocycles. The number of methoxy groups -OCH3 is 1. The lowest BCUT2D eigenvalue weighted by atomic mass is 10.1. The predicted molar refractivity (Wildman–Crippen MR) is 73.2 cm³/mol. The molecule has 3 nitrogen and oxygen atoms in total. The molecule has 1 N–H and O–H groups in total. The molecule has 0 bridgehead atoms. The van der Waals surface area contributed by atoms with Crippen LogP contribution in [0.4, 0.5) is 0 Å². The Bertz CT molecular complexity index is 357. The van der Waals surface area contributed by atoms with Gasteiger partial charge in [-0.1, -0.05) is 32.8 Å². The van der Waals surface area contributed by atoms with Crippen molar-refractivity contribution < 1.29 is 14.6 Å². The topological polar surface area (TPSA) is 38.7 Å². The SMILES string of the molecule is CCC(CC)COc1ccc(C(C)O)cc1OC. The summed E-state index contributed by atoms with van der Waals surface area (Å²) in [6.07, 6.45) is 1.74. The van der Waals surface area contributed by atoms with E-state index in [0.29, 0.717) is 18.3 Å². The van der Waals surface area contributed by atoms with Gasteiger partial charge in [0.25, 0.3) is 0 Å². The Morgan fingerprint density at radius 1 is 1.17 bits per heavy atom. The molecule has 0 aliphatic rings. The van der Waals surface area contributed by atoms with Gasteiger partial charge < -0.3 is 14.6 Å². The highest BCUT2D eigenvalue weighted by atomic mass is 16.5. The van der Waals surface area contributed by atoms with Gasteiger partial charge >= 0.3 is 0 Å². The van der Waals surface area contributed by atoms with E-state index in [1.807, 2.05) is 18.2 Å². The number of hydrogen-bond donors (Lipinski definition) is 1. The van der Waals surface area contributed by atoms with Gasteiger partial charge in [-0.25, -0.2) is 0 Å². The van der Waals surface area contributed by atoms with Gasteiger partial charge in [-0.2, -0.15) is 0 Å². The Labute approximate surface area is 110 Å². The molecule has 0 heterocycles. The lowest BCUT2D eigenvalue weighted by Gasteiger charge is -2.16. The zero-order valence-corrected chi connectivity index (χ0v) is 11.8. The first-order valence-corrected chi connectivity index (χ1v) is 6.61. The van der Waals surface area contributed by atoms with Crippen molar-refractivity contribution in [3.63, 3.8) is 0 Å². The Kier molecular flexibility index (Phi) is 5.99. The Morgan fingerprint density at radius 3 is 2.33 bits per heavy atom. The molecular formula is C15H24O3. The second-order valence-electron chi connectivity index (χ2n) is 4.58. The van der Waals surface area contributed by atoms with Gasteiger partial charge in [0.1, 0.15) is 0 Å². The van der Waals surface area contributed by atoms with Crippen molar-refractivity contribution in [2.75, 3.05) is 13.7 Å². The van der Waals surface area contributed by atoms with Crippen LogP contribution in [0.1, 0.15) is 45.3 Å². The fourth-order valence-corrected chi connectivity index (χ4v) is 1.80. The van der Waals surface area contributed by atoms with Crippen LogP contribution in [0.5, 0.6) is 11.5 Å². The van der Waals surface area contributed by atoms with E-state index in [9.17, 15) is 5.11 Å². The van der Waals surface area contributed by atoms with E-state index in [4.69, 9.17) is 9.47 Å². The third-order valence-electron chi connectivity index (χ3n) is 3.30. The number of aliphatic hydroxyl groups excluding tert-OH is 1. The monoisotopic (exact) mass is 252 g/mol. The number of hydrogen-bond acceptors (Lipinski definition) is 3. The summed E-state index contributed by atoms with van der Waals surface area (Å²) < 4.78 is 11.1. The molecule has 102 valence electrons. The molecule has 0 aliphatic carbocycles. The highest BCUT2D eigenvalue weighted by molar-refractivity contribution is 5.43. The molecule has 1 aromatic rings. The first-order valence-electron chi connectivity index (χ1n) is 6.61. The van der Waals surface area contributed by atoms with Gasteiger partial charge in [0.05, 0.1) is 19.8 Å². The van der Waals surface area contributed by atoms with Crippen LogP contribution in [0.3, 0.4) is 0 Å². The summed E-state index contributed by atoms with van der Waals surface area (Å²) >= 11 is 0. The van der Waals surface area contributed by atoms with E-state index in [0.717, 1.165) is 24.2 Å². The van der Waals surface area contributed by atoms with Crippen molar-refractivity contribution >= 4 is 0 Å². The maximum absolute atomic E-state index is 9.53. The lowest BCUT2D eigenvalue weighted by Crippen LogP contribution is -2.10. The van der Waals surface area contributed by atoms with E-state index in [1.54, 1.807) is 14.0 Å². The Balaban J connectivity index is 2.76. The number of rotatable bonds is 7. The molecule has 1 unspecified atom stereocenters. The summed E-state index contributed by atoms with van der Waals surface area (Å²) in [4.78, 5) is 0. The van der Waals surface area contributed by atoms with E-state index >= 15 is 0 Å². The largest absolute Gasteiger partial charge is 0.493 e. The Morgan fingerprint density at radius 2 is 1.83 bits per heavy atom. The van der Waals surface area contributed by atoms with Crippen LogP contribution in [-0.4, -0.2) is 18.8 Å². The summed E-state index contributed by atoms with van der Waals surface area (Å²) in [5.41, 5.74) is 0.835. The van der Waals surface area contributed by atoms with Gasteiger partial charge in [0.2, 0.25) is 0 Å². The van der Waals surface area contributed by atoms with Crippen LogP contribution < -0.4 is 9.47 Å². The lowest BCUT2D eigenvalue weighted by molar-refractivity contribution is 0.197. The average molecular weight is 252 g/mol. The van der Waals surface area contributed by atoms with Crippen LogP contribution in [0.2, 0.25) is 0 Å². The minimum atomic E-state index is -0.494. The third-order valence-corrected chi connectivity index (χ3v) is 3.30. The van der Waals surface area contributed by atoms with Crippen LogP contribution >= 0.6 is 0 Å². The van der Waals surface area contributed by atoms with Gasteiger partial charge in [-0.05, 0) is 30.5 Å². The highest BCUT2D eigenvalue weighted by Gasteiger charge is 2.10. The van der Waals surface area contributed by atoms with Crippen molar-refractivity contribution in [3.05, 3.63) is 23.8 Å². The molecule has 1 aromatic carbocycles. The molecule has 1 rings (SSSR count). The van der Waals surface area contributed by atoms with Crippen molar-refractivity contribution in [3.8, 4) is 11.5 Å². The summed E-state index contributed by atoms with van der Waals surface area (Å²) in [6.45, 7) is 6.79. The minimum absolute atomic E-state index is 0.494. The summed E-state index contributed by atoms with van der Waals surface area (Å²) in [6, 6.07) is 5.56. The third kappa shape index (κ3) is 3.91. The first-order chi connectivity index (χ1) is 8.62. The van der Waals surface area contributed by atoms with E-state index < -0.39 is 6.10 Å². The van der Waals surface area contributed by atoms with Crippen molar-refractivity contribution in [1.82, 2.24) is 0 Å². The minimum Gasteiger partial charge on any atom is -0.493 e. The Hall–Kier alpha value is -1.22. The van der Waals surface area contributed by atoms with Gasteiger partial charge in [-0.15, -0.1) is 0 Å². The molecule has 0 aliphatic heterocycles. The molecule has 3 heteroatoms. The average Bonchev–Trinajstić information content (AvgIpc) is 2.39. The molecule has 0 saturated heterocycles. The first kappa shape index (κ1) is 14.8. The van der Waals surface area contributed by atoms with Crippen molar-refractivity contribution in [2.45, 2.75) is 39.7 Å². The fraction of sp³-hybridized carbons (Fsp3) is 0.600. The molecule has 18 heavy (non-hydrogen) atoms. The number of benzene rings is 1. The highest BCUT2D eigenvalue weighted by Crippen LogP contribution is 2.30. The molecule has 0 radical (unpaired) electrons. The van der Waals surface area contributed by atoms with E-state index in [-0.39, 0.29) is 0 Å². The molecule has 0 spiro atoms. The maximum atomic E-state index is 9.53. The molecule has 0 fully saturated rings. The molecule has 1 atom stereocenters. The van der Waals surface area contributed by atoms with Gasteiger partial charge in [-0.3, -0.25) is 0 Å². The molecule has 0 amide bonds. The zero-order valence-electron chi connectivity index (χ0n) is 11.8. The fourth-order valence-electron chi connectivity index (χ4n) is 1.80. The smallest absolute Gasteiger partial charge is 0.161 e. The number of aliphatic hydroxyl groups is 1. The standard InChI is InChI=1S/C15H24O3/c1-5-12(6-2)10-18-14-8-7-13(11(3)16)9-15(14)17-4/h7-9,11-12,16H,5-6,10H2,1-4H3. The summed E-state index contributed by atoms with van der Waals surface area (Å²) in [5, 5.41) is 9.53. The van der Waals surface area contributed by atoms with Gasteiger partial charge in [0, 0.05) is 0 Å². The quantitative estimate of drug-likeness (QED) is 0.806. The van der Waals surface area contributed by atoms with Crippen molar-refractivity contribution in [2.24, 2.45) is 5.92 Å². The van der Waals surface area contributed by atoms with Gasteiger partial charge in [0.15, 0.2) is 11.5 Å². The van der Waals surface area contributed by atoms with E-state index in [2.05, 4.69) is 13.8 Å².